The fourth-order valence-corrected chi connectivity index (χ4v) is 1.86. The number of hydrogen-bond acceptors (Lipinski definition) is 3. The largest absolute Gasteiger partial charge is 0.477 e. The van der Waals surface area contributed by atoms with Crippen LogP contribution in [0.1, 0.15) is 10.5 Å². The van der Waals surface area contributed by atoms with Crippen LogP contribution in [0.4, 0.5) is 11.4 Å². The number of hydrogen-bond donors (Lipinski definition) is 2. The quantitative estimate of drug-likeness (QED) is 0.896. The Hall–Kier alpha value is -1.59. The molecule has 92 valence electrons. The minimum absolute atomic E-state index is 0.00645. The Balaban J connectivity index is 2.25. The highest BCUT2D eigenvalue weighted by atomic mass is 79.9. The molecule has 2 aromatic rings. The van der Waals surface area contributed by atoms with Crippen molar-refractivity contribution in [2.24, 2.45) is 0 Å². The van der Waals surface area contributed by atoms with E-state index in [2.05, 4.69) is 26.2 Å². The first-order valence-corrected chi connectivity index (χ1v) is 6.15. The number of benzene rings is 1. The van der Waals surface area contributed by atoms with Crippen LogP contribution >= 0.6 is 27.5 Å². The van der Waals surface area contributed by atoms with Gasteiger partial charge in [-0.3, -0.25) is 0 Å². The Morgan fingerprint density at radius 1 is 1.28 bits per heavy atom. The van der Waals surface area contributed by atoms with Crippen LogP contribution in [0.25, 0.3) is 0 Å². The number of nitrogens with one attached hydrogen (secondary N) is 1. The van der Waals surface area contributed by atoms with Crippen LogP contribution in [0.3, 0.4) is 0 Å². The van der Waals surface area contributed by atoms with Crippen LogP contribution in [0, 0.1) is 0 Å². The third-order valence-corrected chi connectivity index (χ3v) is 3.40. The fourth-order valence-electron chi connectivity index (χ4n) is 1.37. The van der Waals surface area contributed by atoms with E-state index in [0.717, 1.165) is 10.2 Å². The van der Waals surface area contributed by atoms with Gasteiger partial charge in [0.05, 0.1) is 5.02 Å². The molecule has 0 spiro atoms. The predicted molar refractivity (Wildman–Crippen MR) is 73.6 cm³/mol. The van der Waals surface area contributed by atoms with Gasteiger partial charge in [0.1, 0.15) is 5.69 Å². The number of aromatic carboxylic acids is 1. The van der Waals surface area contributed by atoms with E-state index in [1.807, 2.05) is 6.07 Å². The number of pyridine rings is 1. The lowest BCUT2D eigenvalue weighted by molar-refractivity contribution is 0.0690. The van der Waals surface area contributed by atoms with Gasteiger partial charge in [-0.05, 0) is 46.3 Å². The molecule has 0 aliphatic heterocycles. The molecule has 6 heteroatoms. The molecule has 1 aromatic heterocycles. The summed E-state index contributed by atoms with van der Waals surface area (Å²) in [6, 6.07) is 8.50. The van der Waals surface area contributed by atoms with Crippen LogP contribution in [0.15, 0.2) is 41.0 Å². The smallest absolute Gasteiger partial charge is 0.354 e. The van der Waals surface area contributed by atoms with E-state index in [0.29, 0.717) is 10.7 Å². The maximum absolute atomic E-state index is 10.8. The lowest BCUT2D eigenvalue weighted by Gasteiger charge is -2.07. The maximum atomic E-state index is 10.8. The summed E-state index contributed by atoms with van der Waals surface area (Å²) in [5.74, 6) is -1.06. The highest BCUT2D eigenvalue weighted by molar-refractivity contribution is 9.10. The molecule has 0 atom stereocenters. The minimum Gasteiger partial charge on any atom is -0.477 e. The van der Waals surface area contributed by atoms with Gasteiger partial charge in [-0.25, -0.2) is 9.78 Å². The number of carboxylic acids is 1. The molecule has 0 radical (unpaired) electrons. The molecule has 18 heavy (non-hydrogen) atoms. The average Bonchev–Trinajstić information content (AvgIpc) is 2.34. The molecule has 0 fully saturated rings. The van der Waals surface area contributed by atoms with Gasteiger partial charge < -0.3 is 10.4 Å². The Bertz CT molecular complexity index is 604. The van der Waals surface area contributed by atoms with Crippen molar-refractivity contribution in [1.82, 2.24) is 4.98 Å². The summed E-state index contributed by atoms with van der Waals surface area (Å²) < 4.78 is 0.765. The van der Waals surface area contributed by atoms with Crippen LogP contribution in [-0.4, -0.2) is 16.1 Å². The maximum Gasteiger partial charge on any atom is 0.354 e. The first kappa shape index (κ1) is 12.9. The van der Waals surface area contributed by atoms with Crippen molar-refractivity contribution in [2.75, 3.05) is 5.32 Å². The molecular formula is C12H8BrClN2O2. The topological polar surface area (TPSA) is 62.2 Å². The van der Waals surface area contributed by atoms with Crippen LogP contribution in [0.2, 0.25) is 5.02 Å². The highest BCUT2D eigenvalue weighted by Crippen LogP contribution is 2.27. The Kier molecular flexibility index (Phi) is 3.84. The van der Waals surface area contributed by atoms with Crippen molar-refractivity contribution < 1.29 is 9.90 Å². The number of nitrogens with zero attached hydrogens (tertiary/aromatic N) is 1. The molecule has 0 aliphatic carbocycles. The fraction of sp³-hybridized carbons (Fsp3) is 0. The second-order valence-electron chi connectivity index (χ2n) is 3.49. The second-order valence-corrected chi connectivity index (χ2v) is 4.75. The summed E-state index contributed by atoms with van der Waals surface area (Å²) in [5.41, 5.74) is 1.44. The summed E-state index contributed by atoms with van der Waals surface area (Å²) >= 11 is 9.21. The monoisotopic (exact) mass is 326 g/mol. The van der Waals surface area contributed by atoms with Crippen LogP contribution < -0.4 is 5.32 Å². The normalized spacial score (nSPS) is 10.1. The van der Waals surface area contributed by atoms with Crippen molar-refractivity contribution in [3.63, 3.8) is 0 Å². The molecule has 0 bridgehead atoms. The van der Waals surface area contributed by atoms with Crippen molar-refractivity contribution in [3.8, 4) is 0 Å². The molecule has 2 N–H and O–H groups in total. The van der Waals surface area contributed by atoms with Gasteiger partial charge in [0.2, 0.25) is 0 Å². The number of carboxylic acid groups (broad SMARTS) is 1. The van der Waals surface area contributed by atoms with E-state index in [9.17, 15) is 4.79 Å². The van der Waals surface area contributed by atoms with Gasteiger partial charge >= 0.3 is 5.97 Å². The van der Waals surface area contributed by atoms with Crippen molar-refractivity contribution in [3.05, 3.63) is 51.7 Å². The van der Waals surface area contributed by atoms with Gasteiger partial charge in [-0.15, -0.1) is 0 Å². The van der Waals surface area contributed by atoms with E-state index in [-0.39, 0.29) is 5.69 Å². The molecule has 0 unspecified atom stereocenters. The van der Waals surface area contributed by atoms with Crippen molar-refractivity contribution >= 4 is 44.9 Å². The minimum atomic E-state index is -1.06. The van der Waals surface area contributed by atoms with E-state index >= 15 is 0 Å². The average molecular weight is 328 g/mol. The Labute approximate surface area is 117 Å². The number of rotatable bonds is 3. The first-order valence-electron chi connectivity index (χ1n) is 4.97. The molecule has 0 amide bonds. The van der Waals surface area contributed by atoms with Gasteiger partial charge in [0.25, 0.3) is 0 Å². The first-order chi connectivity index (χ1) is 8.56. The van der Waals surface area contributed by atoms with Gasteiger partial charge in [0, 0.05) is 22.0 Å². The van der Waals surface area contributed by atoms with Crippen LogP contribution in [0.5, 0.6) is 0 Å². The molecule has 1 aromatic carbocycles. The number of anilines is 2. The summed E-state index contributed by atoms with van der Waals surface area (Å²) in [5, 5.41) is 12.5. The molecule has 0 saturated heterocycles. The molecule has 1 heterocycles. The van der Waals surface area contributed by atoms with Gasteiger partial charge in [-0.1, -0.05) is 11.6 Å². The lowest BCUT2D eigenvalue weighted by Crippen LogP contribution is -2.01. The van der Waals surface area contributed by atoms with E-state index < -0.39 is 5.97 Å². The number of carbonyl (C=O) groups is 1. The number of aromatic nitrogens is 1. The Morgan fingerprint density at radius 3 is 2.67 bits per heavy atom. The van der Waals surface area contributed by atoms with Crippen molar-refractivity contribution in [2.45, 2.75) is 0 Å². The standard InChI is InChI=1S/C12H8BrClN2O2/c13-9-5-7(1-2-10(9)14)16-8-3-4-15-11(6-8)12(17)18/h1-6H,(H,15,16)(H,17,18). The van der Waals surface area contributed by atoms with Gasteiger partial charge in [-0.2, -0.15) is 0 Å². The second kappa shape index (κ2) is 5.37. The zero-order valence-corrected chi connectivity index (χ0v) is 11.4. The van der Waals surface area contributed by atoms with E-state index in [1.54, 1.807) is 18.2 Å². The van der Waals surface area contributed by atoms with E-state index in [1.165, 1.54) is 12.3 Å². The highest BCUT2D eigenvalue weighted by Gasteiger charge is 2.05. The van der Waals surface area contributed by atoms with Crippen LogP contribution in [-0.2, 0) is 0 Å². The molecule has 0 saturated carbocycles. The molecule has 0 aliphatic rings. The summed E-state index contributed by atoms with van der Waals surface area (Å²) in [4.78, 5) is 14.5. The van der Waals surface area contributed by atoms with Crippen molar-refractivity contribution in [1.29, 1.82) is 0 Å². The molecular weight excluding hydrogens is 320 g/mol. The number of halogens is 2. The summed E-state index contributed by atoms with van der Waals surface area (Å²) in [7, 11) is 0. The predicted octanol–water partition coefficient (Wildman–Crippen LogP) is 3.94. The van der Waals surface area contributed by atoms with Gasteiger partial charge in [0.15, 0.2) is 0 Å². The lowest BCUT2D eigenvalue weighted by atomic mass is 10.2. The SMILES string of the molecule is O=C(O)c1cc(Nc2ccc(Cl)c(Br)c2)ccn1. The zero-order chi connectivity index (χ0) is 13.1. The third-order valence-electron chi connectivity index (χ3n) is 2.19. The van der Waals surface area contributed by atoms with E-state index in [4.69, 9.17) is 16.7 Å². The summed E-state index contributed by atoms with van der Waals surface area (Å²) in [6.07, 6.45) is 1.44. The third kappa shape index (κ3) is 3.00. The molecule has 2 rings (SSSR count). The Morgan fingerprint density at radius 2 is 2.00 bits per heavy atom. The molecule has 4 nitrogen and oxygen atoms in total. The summed E-state index contributed by atoms with van der Waals surface area (Å²) in [6.45, 7) is 0. The zero-order valence-electron chi connectivity index (χ0n) is 9.02.